The zero-order chi connectivity index (χ0) is 30.0. The second-order valence-corrected chi connectivity index (χ2v) is 11.6. The molecular formula is C33H30N4O3S3. The minimum absolute atomic E-state index is 0.157. The summed E-state index contributed by atoms with van der Waals surface area (Å²) in [6, 6.07) is 32.9. The summed E-state index contributed by atoms with van der Waals surface area (Å²) in [6.07, 6.45) is 0. The summed E-state index contributed by atoms with van der Waals surface area (Å²) in [4.78, 5) is 19.2. The number of para-hydroxylation sites is 2. The van der Waals surface area contributed by atoms with Crippen LogP contribution in [0.15, 0.2) is 113 Å². The van der Waals surface area contributed by atoms with Gasteiger partial charge in [-0.1, -0.05) is 48.5 Å². The highest BCUT2D eigenvalue weighted by molar-refractivity contribution is 8.00. The number of hydrogen-bond acceptors (Lipinski definition) is 7. The van der Waals surface area contributed by atoms with E-state index in [0.29, 0.717) is 22.6 Å². The molecule has 0 aliphatic heterocycles. The van der Waals surface area contributed by atoms with Gasteiger partial charge < -0.3 is 25.4 Å². The normalized spacial score (nSPS) is 11.3. The number of nitrogens with zero attached hydrogens (tertiary/aromatic N) is 1. The molecule has 0 spiro atoms. The molecule has 0 fully saturated rings. The first-order valence-corrected chi connectivity index (χ1v) is 15.7. The van der Waals surface area contributed by atoms with Crippen LogP contribution in [0.5, 0.6) is 11.5 Å². The summed E-state index contributed by atoms with van der Waals surface area (Å²) in [6.45, 7) is 2.57. The molecule has 1 heterocycles. The second kappa shape index (κ2) is 14.7. The van der Waals surface area contributed by atoms with Gasteiger partial charge in [-0.3, -0.25) is 4.79 Å². The Morgan fingerprint density at radius 2 is 1.70 bits per heavy atom. The van der Waals surface area contributed by atoms with Crippen molar-refractivity contribution in [2.24, 2.45) is 0 Å². The molecule has 3 N–H and O–H groups in total. The van der Waals surface area contributed by atoms with Gasteiger partial charge in [-0.15, -0.1) is 23.1 Å². The molecular weight excluding hydrogens is 597 g/mol. The lowest BCUT2D eigenvalue weighted by Gasteiger charge is -2.17. The maximum absolute atomic E-state index is 13.7. The van der Waals surface area contributed by atoms with Crippen molar-refractivity contribution < 1.29 is 14.3 Å². The van der Waals surface area contributed by atoms with E-state index in [1.54, 1.807) is 7.11 Å². The molecule has 218 valence electrons. The fourth-order valence-electron chi connectivity index (χ4n) is 4.24. The SMILES string of the molecule is CCOc1ccc(-c2csc(NC(=O)C(Sc3cccc(NC(=S)Nc4ccccc4OC)c3)c3ccccc3)n2)cc1. The minimum atomic E-state index is -0.507. The Morgan fingerprint density at radius 3 is 2.47 bits per heavy atom. The van der Waals surface area contributed by atoms with Gasteiger partial charge in [0, 0.05) is 21.5 Å². The molecule has 5 aromatic rings. The molecule has 43 heavy (non-hydrogen) atoms. The van der Waals surface area contributed by atoms with E-state index in [2.05, 4.69) is 20.9 Å². The maximum Gasteiger partial charge on any atom is 0.244 e. The van der Waals surface area contributed by atoms with Crippen molar-refractivity contribution >= 4 is 62.8 Å². The van der Waals surface area contributed by atoms with Crippen molar-refractivity contribution in [3.05, 3.63) is 114 Å². The lowest BCUT2D eigenvalue weighted by atomic mass is 10.1. The standard InChI is InChI=1S/C33H30N4O3S3/c1-3-40-25-18-16-22(17-19-25)28-21-42-33(36-28)37-31(38)30(23-10-5-4-6-11-23)43-26-13-9-12-24(20-26)34-32(41)35-27-14-7-8-15-29(27)39-2/h4-21,30H,3H2,1-2H3,(H2,34,35,41)(H,36,37,38). The zero-order valence-electron chi connectivity index (χ0n) is 23.6. The average Bonchev–Trinajstić information content (AvgIpc) is 3.49. The van der Waals surface area contributed by atoms with Crippen molar-refractivity contribution in [3.8, 4) is 22.8 Å². The third-order valence-corrected chi connectivity index (χ3v) is 8.45. The molecule has 0 aliphatic carbocycles. The summed E-state index contributed by atoms with van der Waals surface area (Å²) in [5, 5.41) is 11.8. The van der Waals surface area contributed by atoms with E-state index in [9.17, 15) is 4.79 Å². The molecule has 5 rings (SSSR count). The van der Waals surface area contributed by atoms with E-state index in [4.69, 9.17) is 21.7 Å². The van der Waals surface area contributed by atoms with Gasteiger partial charge in [-0.2, -0.15) is 0 Å². The number of anilines is 3. The van der Waals surface area contributed by atoms with Crippen LogP contribution in [0.25, 0.3) is 11.3 Å². The van der Waals surface area contributed by atoms with E-state index < -0.39 is 5.25 Å². The lowest BCUT2D eigenvalue weighted by Crippen LogP contribution is -2.20. The fourth-order valence-corrected chi connectivity index (χ4v) is 6.27. The second-order valence-electron chi connectivity index (χ2n) is 9.20. The Kier molecular flexibility index (Phi) is 10.3. The number of hydrogen-bond donors (Lipinski definition) is 3. The number of amides is 1. The number of thioether (sulfide) groups is 1. The van der Waals surface area contributed by atoms with Crippen LogP contribution < -0.4 is 25.4 Å². The van der Waals surface area contributed by atoms with Crippen LogP contribution in [-0.4, -0.2) is 29.7 Å². The Hall–Kier alpha value is -4.38. The number of ether oxygens (including phenoxy) is 2. The largest absolute Gasteiger partial charge is 0.495 e. The third-order valence-electron chi connectivity index (χ3n) is 6.24. The first-order valence-electron chi connectivity index (χ1n) is 13.5. The Bertz CT molecular complexity index is 1680. The smallest absolute Gasteiger partial charge is 0.244 e. The number of benzene rings is 4. The van der Waals surface area contributed by atoms with Gasteiger partial charge in [-0.25, -0.2) is 4.98 Å². The van der Waals surface area contributed by atoms with Crippen LogP contribution in [0.4, 0.5) is 16.5 Å². The van der Waals surface area contributed by atoms with Gasteiger partial charge in [0.25, 0.3) is 0 Å². The molecule has 0 bridgehead atoms. The van der Waals surface area contributed by atoms with Crippen molar-refractivity contribution in [1.29, 1.82) is 0 Å². The molecule has 4 aromatic carbocycles. The Morgan fingerprint density at radius 1 is 0.930 bits per heavy atom. The van der Waals surface area contributed by atoms with Crippen molar-refractivity contribution in [2.45, 2.75) is 17.1 Å². The number of carbonyl (C=O) groups excluding carboxylic acids is 1. The highest BCUT2D eigenvalue weighted by atomic mass is 32.2. The van der Waals surface area contributed by atoms with Crippen LogP contribution in [0, 0.1) is 0 Å². The van der Waals surface area contributed by atoms with Crippen molar-refractivity contribution in [2.75, 3.05) is 29.7 Å². The quantitative estimate of drug-likeness (QED) is 0.0994. The van der Waals surface area contributed by atoms with E-state index >= 15 is 0 Å². The predicted molar refractivity (Wildman–Crippen MR) is 182 cm³/mol. The van der Waals surface area contributed by atoms with Crippen LogP contribution >= 0.6 is 35.3 Å². The van der Waals surface area contributed by atoms with Gasteiger partial charge in [0.1, 0.15) is 16.7 Å². The van der Waals surface area contributed by atoms with Crippen LogP contribution in [0.1, 0.15) is 17.7 Å². The molecule has 0 saturated heterocycles. The molecule has 10 heteroatoms. The first-order chi connectivity index (χ1) is 21.0. The summed E-state index contributed by atoms with van der Waals surface area (Å²) in [7, 11) is 1.62. The number of nitrogens with one attached hydrogen (secondary N) is 3. The van der Waals surface area contributed by atoms with Gasteiger partial charge >= 0.3 is 0 Å². The molecule has 0 aliphatic rings. The van der Waals surface area contributed by atoms with E-state index in [1.807, 2.05) is 115 Å². The Balaban J connectivity index is 1.29. The van der Waals surface area contributed by atoms with Crippen molar-refractivity contribution in [1.82, 2.24) is 4.98 Å². The number of carbonyl (C=O) groups is 1. The monoisotopic (exact) mass is 626 g/mol. The zero-order valence-corrected chi connectivity index (χ0v) is 26.0. The number of methoxy groups -OCH3 is 1. The highest BCUT2D eigenvalue weighted by Crippen LogP contribution is 2.38. The van der Waals surface area contributed by atoms with Crippen molar-refractivity contribution in [3.63, 3.8) is 0 Å². The fraction of sp³-hybridized carbons (Fsp3) is 0.121. The summed E-state index contributed by atoms with van der Waals surface area (Å²) < 4.78 is 10.9. The van der Waals surface area contributed by atoms with E-state index in [-0.39, 0.29) is 5.91 Å². The first kappa shape index (κ1) is 30.1. The molecule has 1 atom stereocenters. The van der Waals surface area contributed by atoms with Gasteiger partial charge in [-0.05, 0) is 79.3 Å². The third kappa shape index (κ3) is 8.13. The van der Waals surface area contributed by atoms with E-state index in [0.717, 1.165) is 38.8 Å². The summed E-state index contributed by atoms with van der Waals surface area (Å²) in [5.74, 6) is 1.35. The Labute approximate surface area is 264 Å². The number of rotatable bonds is 11. The van der Waals surface area contributed by atoms with Crippen LogP contribution in [0.3, 0.4) is 0 Å². The summed E-state index contributed by atoms with van der Waals surface area (Å²) in [5.41, 5.74) is 4.20. The molecule has 1 unspecified atom stereocenters. The molecule has 1 aromatic heterocycles. The molecule has 7 nitrogen and oxygen atoms in total. The topological polar surface area (TPSA) is 84.5 Å². The number of aromatic nitrogens is 1. The molecule has 0 radical (unpaired) electrons. The maximum atomic E-state index is 13.7. The number of thiazole rings is 1. The van der Waals surface area contributed by atoms with Crippen LogP contribution in [0.2, 0.25) is 0 Å². The van der Waals surface area contributed by atoms with Crippen LogP contribution in [-0.2, 0) is 4.79 Å². The average molecular weight is 627 g/mol. The van der Waals surface area contributed by atoms with Gasteiger partial charge in [0.15, 0.2) is 10.2 Å². The minimum Gasteiger partial charge on any atom is -0.495 e. The highest BCUT2D eigenvalue weighted by Gasteiger charge is 2.23. The predicted octanol–water partition coefficient (Wildman–Crippen LogP) is 8.50. The molecule has 1 amide bonds. The van der Waals surface area contributed by atoms with Gasteiger partial charge in [0.05, 0.1) is 25.1 Å². The van der Waals surface area contributed by atoms with E-state index in [1.165, 1.54) is 23.1 Å². The van der Waals surface area contributed by atoms with Gasteiger partial charge in [0.2, 0.25) is 5.91 Å². The summed E-state index contributed by atoms with van der Waals surface area (Å²) >= 11 is 8.39. The molecule has 0 saturated carbocycles. The number of thiocarbonyl (C=S) groups is 1. The lowest BCUT2D eigenvalue weighted by molar-refractivity contribution is -0.115.